The summed E-state index contributed by atoms with van der Waals surface area (Å²) < 4.78 is 2.06. The van der Waals surface area contributed by atoms with Gasteiger partial charge in [0.15, 0.2) is 5.16 Å². The van der Waals surface area contributed by atoms with Gasteiger partial charge >= 0.3 is 0 Å². The minimum absolute atomic E-state index is 0.0971. The standard InChI is InChI=1S/C14H15N3S/c1-2-17-9-8-16-14(17)18-13(11-15)10-12-6-4-3-5-7-12/h3-9,13H,2,10H2,1H3. The Kier molecular flexibility index (Phi) is 4.43. The van der Waals surface area contributed by atoms with Gasteiger partial charge in [-0.15, -0.1) is 0 Å². The van der Waals surface area contributed by atoms with Crippen molar-refractivity contribution in [2.24, 2.45) is 0 Å². The fraction of sp³-hybridized carbons (Fsp3) is 0.286. The Labute approximate surface area is 111 Å². The highest BCUT2D eigenvalue weighted by atomic mass is 32.2. The summed E-state index contributed by atoms with van der Waals surface area (Å²) in [6, 6.07) is 12.4. The summed E-state index contributed by atoms with van der Waals surface area (Å²) in [6.07, 6.45) is 4.47. The third-order valence-corrected chi connectivity index (χ3v) is 3.78. The molecular formula is C14H15N3S. The average Bonchev–Trinajstić information content (AvgIpc) is 2.86. The average molecular weight is 257 g/mol. The van der Waals surface area contributed by atoms with Gasteiger partial charge in [-0.3, -0.25) is 0 Å². The van der Waals surface area contributed by atoms with Crippen LogP contribution in [0.2, 0.25) is 0 Å². The van der Waals surface area contributed by atoms with Crippen molar-refractivity contribution in [1.29, 1.82) is 5.26 Å². The summed E-state index contributed by atoms with van der Waals surface area (Å²) in [5.74, 6) is 0. The molecule has 1 unspecified atom stereocenters. The van der Waals surface area contributed by atoms with Crippen LogP contribution in [0, 0.1) is 11.3 Å². The SMILES string of the molecule is CCn1ccnc1SC(C#N)Cc1ccccc1. The summed E-state index contributed by atoms with van der Waals surface area (Å²) in [6.45, 7) is 2.95. The molecular weight excluding hydrogens is 242 g/mol. The Morgan fingerprint density at radius 2 is 2.17 bits per heavy atom. The lowest BCUT2D eigenvalue weighted by atomic mass is 10.1. The Morgan fingerprint density at radius 3 is 2.83 bits per heavy atom. The van der Waals surface area contributed by atoms with Crippen LogP contribution >= 0.6 is 11.8 Å². The second-order valence-corrected chi connectivity index (χ2v) is 5.09. The molecule has 1 atom stereocenters. The van der Waals surface area contributed by atoms with Gasteiger partial charge in [0.05, 0.1) is 6.07 Å². The van der Waals surface area contributed by atoms with E-state index < -0.39 is 0 Å². The molecule has 1 aromatic carbocycles. The van der Waals surface area contributed by atoms with E-state index >= 15 is 0 Å². The molecule has 0 aliphatic heterocycles. The number of thioether (sulfide) groups is 1. The minimum atomic E-state index is -0.0971. The van der Waals surface area contributed by atoms with Gasteiger partial charge in [0.2, 0.25) is 0 Å². The molecule has 18 heavy (non-hydrogen) atoms. The molecule has 0 saturated carbocycles. The number of aromatic nitrogens is 2. The molecule has 0 aliphatic carbocycles. The third kappa shape index (κ3) is 3.14. The summed E-state index contributed by atoms with van der Waals surface area (Å²) >= 11 is 1.53. The molecule has 1 aromatic heterocycles. The van der Waals surface area contributed by atoms with E-state index in [1.165, 1.54) is 17.3 Å². The molecule has 0 spiro atoms. The van der Waals surface area contributed by atoms with E-state index in [2.05, 4.69) is 34.7 Å². The van der Waals surface area contributed by atoms with Gasteiger partial charge in [0.25, 0.3) is 0 Å². The highest BCUT2D eigenvalue weighted by molar-refractivity contribution is 8.00. The maximum atomic E-state index is 9.24. The number of rotatable bonds is 5. The molecule has 0 amide bonds. The number of imidazole rings is 1. The van der Waals surface area contributed by atoms with Crippen molar-refractivity contribution in [1.82, 2.24) is 9.55 Å². The first-order valence-electron chi connectivity index (χ1n) is 5.94. The van der Waals surface area contributed by atoms with Gasteiger partial charge in [0, 0.05) is 18.9 Å². The monoisotopic (exact) mass is 257 g/mol. The highest BCUT2D eigenvalue weighted by Gasteiger charge is 2.13. The topological polar surface area (TPSA) is 41.6 Å². The largest absolute Gasteiger partial charge is 0.326 e. The van der Waals surface area contributed by atoms with Gasteiger partial charge in [0.1, 0.15) is 5.25 Å². The zero-order valence-corrected chi connectivity index (χ0v) is 11.1. The first-order chi connectivity index (χ1) is 8.83. The van der Waals surface area contributed by atoms with Crippen LogP contribution in [0.3, 0.4) is 0 Å². The number of hydrogen-bond acceptors (Lipinski definition) is 3. The lowest BCUT2D eigenvalue weighted by molar-refractivity contribution is 0.680. The minimum Gasteiger partial charge on any atom is -0.326 e. The van der Waals surface area contributed by atoms with E-state index in [4.69, 9.17) is 0 Å². The smallest absolute Gasteiger partial charge is 0.169 e. The van der Waals surface area contributed by atoms with Crippen molar-refractivity contribution >= 4 is 11.8 Å². The van der Waals surface area contributed by atoms with Gasteiger partial charge in [-0.05, 0) is 18.9 Å². The van der Waals surface area contributed by atoms with E-state index in [0.29, 0.717) is 0 Å². The van der Waals surface area contributed by atoms with Crippen LogP contribution in [-0.4, -0.2) is 14.8 Å². The van der Waals surface area contributed by atoms with Crippen LogP contribution in [0.15, 0.2) is 47.9 Å². The Hall–Kier alpha value is -1.73. The fourth-order valence-corrected chi connectivity index (χ4v) is 2.75. The second-order valence-electron chi connectivity index (χ2n) is 3.92. The molecule has 0 aliphatic rings. The molecule has 0 N–H and O–H groups in total. The number of hydrogen-bond donors (Lipinski definition) is 0. The first kappa shape index (κ1) is 12.7. The van der Waals surface area contributed by atoms with E-state index in [1.807, 2.05) is 24.4 Å². The molecule has 1 heterocycles. The van der Waals surface area contributed by atoms with Crippen molar-refractivity contribution in [3.63, 3.8) is 0 Å². The zero-order chi connectivity index (χ0) is 12.8. The van der Waals surface area contributed by atoms with Crippen molar-refractivity contribution in [3.8, 4) is 6.07 Å². The van der Waals surface area contributed by atoms with E-state index in [0.717, 1.165) is 18.1 Å². The molecule has 2 aromatic rings. The van der Waals surface area contributed by atoms with Crippen LogP contribution < -0.4 is 0 Å². The van der Waals surface area contributed by atoms with Crippen LogP contribution in [0.4, 0.5) is 0 Å². The maximum Gasteiger partial charge on any atom is 0.169 e. The van der Waals surface area contributed by atoms with Crippen LogP contribution in [0.25, 0.3) is 0 Å². The first-order valence-corrected chi connectivity index (χ1v) is 6.82. The Balaban J connectivity index is 2.05. The summed E-state index contributed by atoms with van der Waals surface area (Å²) in [5, 5.41) is 10.1. The molecule has 3 nitrogen and oxygen atoms in total. The zero-order valence-electron chi connectivity index (χ0n) is 10.3. The number of benzene rings is 1. The van der Waals surface area contributed by atoms with Crippen molar-refractivity contribution in [2.45, 2.75) is 30.3 Å². The van der Waals surface area contributed by atoms with Gasteiger partial charge in [-0.25, -0.2) is 4.98 Å². The van der Waals surface area contributed by atoms with E-state index in [-0.39, 0.29) is 5.25 Å². The summed E-state index contributed by atoms with van der Waals surface area (Å²) in [5.41, 5.74) is 1.19. The van der Waals surface area contributed by atoms with E-state index in [9.17, 15) is 5.26 Å². The molecule has 0 saturated heterocycles. The quantitative estimate of drug-likeness (QED) is 0.773. The number of nitrogens with zero attached hydrogens (tertiary/aromatic N) is 3. The van der Waals surface area contributed by atoms with Crippen molar-refractivity contribution < 1.29 is 0 Å². The Morgan fingerprint density at radius 1 is 1.39 bits per heavy atom. The maximum absolute atomic E-state index is 9.24. The normalized spacial score (nSPS) is 12.0. The van der Waals surface area contributed by atoms with Crippen molar-refractivity contribution in [2.75, 3.05) is 0 Å². The highest BCUT2D eigenvalue weighted by Crippen LogP contribution is 2.24. The summed E-state index contributed by atoms with van der Waals surface area (Å²) in [7, 11) is 0. The van der Waals surface area contributed by atoms with Gasteiger partial charge in [-0.1, -0.05) is 42.1 Å². The molecule has 92 valence electrons. The predicted molar refractivity (Wildman–Crippen MR) is 73.3 cm³/mol. The molecule has 4 heteroatoms. The Bertz CT molecular complexity index is 527. The number of aryl methyl sites for hydroxylation is 1. The van der Waals surface area contributed by atoms with E-state index in [1.54, 1.807) is 6.20 Å². The van der Waals surface area contributed by atoms with Crippen LogP contribution in [0.5, 0.6) is 0 Å². The second kappa shape index (κ2) is 6.27. The van der Waals surface area contributed by atoms with Gasteiger partial charge < -0.3 is 4.57 Å². The van der Waals surface area contributed by atoms with Crippen LogP contribution in [0.1, 0.15) is 12.5 Å². The molecule has 0 fully saturated rings. The lowest BCUT2D eigenvalue weighted by Gasteiger charge is -2.09. The fourth-order valence-electron chi connectivity index (χ4n) is 1.72. The van der Waals surface area contributed by atoms with Gasteiger partial charge in [-0.2, -0.15) is 5.26 Å². The van der Waals surface area contributed by atoms with Crippen molar-refractivity contribution in [3.05, 3.63) is 48.3 Å². The van der Waals surface area contributed by atoms with Crippen LogP contribution in [-0.2, 0) is 13.0 Å². The molecule has 0 bridgehead atoms. The molecule has 2 rings (SSSR count). The molecule has 0 radical (unpaired) electrons. The third-order valence-electron chi connectivity index (χ3n) is 2.67. The number of nitriles is 1. The predicted octanol–water partition coefficient (Wildman–Crippen LogP) is 3.13. The summed E-state index contributed by atoms with van der Waals surface area (Å²) in [4.78, 5) is 4.29. The lowest BCUT2D eigenvalue weighted by Crippen LogP contribution is -2.06.